The van der Waals surface area contributed by atoms with Crippen molar-refractivity contribution < 1.29 is 19.1 Å². The van der Waals surface area contributed by atoms with Crippen LogP contribution in [-0.4, -0.2) is 26.2 Å². The number of hydrogen-bond acceptors (Lipinski definition) is 4. The Kier molecular flexibility index (Phi) is 2.74. The lowest BCUT2D eigenvalue weighted by Crippen LogP contribution is -2.37. The standard InChI is InChI=1S/C12H16O4/c1-15-10(13)9-6-5-8-4-3-7-12(8,9)11(14)16-2/h6,8H,3-5,7H2,1-2H3. The van der Waals surface area contributed by atoms with Crippen molar-refractivity contribution in [1.29, 1.82) is 0 Å². The van der Waals surface area contributed by atoms with Crippen LogP contribution in [0.5, 0.6) is 0 Å². The van der Waals surface area contributed by atoms with Crippen LogP contribution in [0.2, 0.25) is 0 Å². The second-order valence-electron chi connectivity index (χ2n) is 4.40. The van der Waals surface area contributed by atoms with Gasteiger partial charge in [0.1, 0.15) is 5.41 Å². The number of hydrogen-bond donors (Lipinski definition) is 0. The molecule has 0 radical (unpaired) electrons. The first-order valence-electron chi connectivity index (χ1n) is 5.54. The minimum Gasteiger partial charge on any atom is -0.468 e. The molecule has 0 N–H and O–H groups in total. The van der Waals surface area contributed by atoms with Crippen LogP contribution in [0.4, 0.5) is 0 Å². The van der Waals surface area contributed by atoms with E-state index in [9.17, 15) is 9.59 Å². The smallest absolute Gasteiger partial charge is 0.334 e. The highest BCUT2D eigenvalue weighted by Gasteiger charge is 2.57. The zero-order chi connectivity index (χ0) is 11.8. The van der Waals surface area contributed by atoms with Gasteiger partial charge in [0.15, 0.2) is 0 Å². The summed E-state index contributed by atoms with van der Waals surface area (Å²) in [7, 11) is 2.72. The minimum absolute atomic E-state index is 0.217. The normalized spacial score (nSPS) is 31.9. The van der Waals surface area contributed by atoms with Crippen molar-refractivity contribution in [3.63, 3.8) is 0 Å². The fourth-order valence-electron chi connectivity index (χ4n) is 3.13. The summed E-state index contributed by atoms with van der Waals surface area (Å²) in [6, 6.07) is 0. The van der Waals surface area contributed by atoms with Gasteiger partial charge >= 0.3 is 11.9 Å². The Hall–Kier alpha value is -1.32. The predicted molar refractivity (Wildman–Crippen MR) is 56.5 cm³/mol. The summed E-state index contributed by atoms with van der Waals surface area (Å²) >= 11 is 0. The summed E-state index contributed by atoms with van der Waals surface area (Å²) in [6.45, 7) is 0. The number of fused-ring (bicyclic) bond motifs is 1. The van der Waals surface area contributed by atoms with Crippen LogP contribution in [0.15, 0.2) is 11.6 Å². The minimum atomic E-state index is -0.720. The first kappa shape index (κ1) is 11.2. The summed E-state index contributed by atoms with van der Waals surface area (Å²) in [6.07, 6.45) is 5.26. The molecule has 2 unspecified atom stereocenters. The quantitative estimate of drug-likeness (QED) is 0.666. The zero-order valence-corrected chi connectivity index (χ0v) is 9.62. The van der Waals surface area contributed by atoms with E-state index in [1.807, 2.05) is 6.08 Å². The molecule has 2 aliphatic rings. The van der Waals surface area contributed by atoms with E-state index in [1.54, 1.807) is 0 Å². The van der Waals surface area contributed by atoms with E-state index >= 15 is 0 Å². The van der Waals surface area contributed by atoms with E-state index in [0.29, 0.717) is 12.0 Å². The van der Waals surface area contributed by atoms with Gasteiger partial charge in [0.05, 0.1) is 19.8 Å². The van der Waals surface area contributed by atoms with Crippen LogP contribution in [0, 0.1) is 11.3 Å². The van der Waals surface area contributed by atoms with Gasteiger partial charge in [-0.15, -0.1) is 0 Å². The lowest BCUT2D eigenvalue weighted by molar-refractivity contribution is -0.155. The van der Waals surface area contributed by atoms with Crippen LogP contribution >= 0.6 is 0 Å². The number of esters is 2. The number of carbonyl (C=O) groups excluding carboxylic acids is 2. The van der Waals surface area contributed by atoms with Gasteiger partial charge in [0.2, 0.25) is 0 Å². The fourth-order valence-corrected chi connectivity index (χ4v) is 3.13. The van der Waals surface area contributed by atoms with Gasteiger partial charge in [-0.2, -0.15) is 0 Å². The van der Waals surface area contributed by atoms with Gasteiger partial charge in [-0.05, 0) is 25.2 Å². The molecule has 0 aromatic rings. The van der Waals surface area contributed by atoms with Gasteiger partial charge in [0, 0.05) is 0 Å². The van der Waals surface area contributed by atoms with E-state index < -0.39 is 11.4 Å². The van der Waals surface area contributed by atoms with Gasteiger partial charge in [-0.3, -0.25) is 4.79 Å². The first-order chi connectivity index (χ1) is 7.66. The summed E-state index contributed by atoms with van der Waals surface area (Å²) in [5.41, 5.74) is -0.216. The Bertz CT molecular complexity index is 358. The van der Waals surface area contributed by atoms with Crippen LogP contribution < -0.4 is 0 Å². The van der Waals surface area contributed by atoms with Crippen LogP contribution in [0.25, 0.3) is 0 Å². The van der Waals surface area contributed by atoms with Crippen LogP contribution in [-0.2, 0) is 19.1 Å². The van der Waals surface area contributed by atoms with Gasteiger partial charge in [-0.25, -0.2) is 4.79 Å². The number of ether oxygens (including phenoxy) is 2. The monoisotopic (exact) mass is 224 g/mol. The van der Waals surface area contributed by atoms with Gasteiger partial charge < -0.3 is 9.47 Å². The zero-order valence-electron chi connectivity index (χ0n) is 9.62. The molecule has 0 aromatic heterocycles. The van der Waals surface area contributed by atoms with Crippen molar-refractivity contribution in [2.75, 3.05) is 14.2 Å². The molecule has 0 bridgehead atoms. The number of carbonyl (C=O) groups is 2. The molecule has 0 heterocycles. The van der Waals surface area contributed by atoms with E-state index in [0.717, 1.165) is 19.3 Å². The van der Waals surface area contributed by atoms with Crippen molar-refractivity contribution in [3.8, 4) is 0 Å². The average molecular weight is 224 g/mol. The topological polar surface area (TPSA) is 52.6 Å². The highest BCUT2D eigenvalue weighted by molar-refractivity contribution is 5.99. The third-order valence-corrected chi connectivity index (χ3v) is 3.86. The molecular weight excluding hydrogens is 208 g/mol. The highest BCUT2D eigenvalue weighted by atomic mass is 16.5. The lowest BCUT2D eigenvalue weighted by Gasteiger charge is -2.28. The molecule has 16 heavy (non-hydrogen) atoms. The molecule has 0 aliphatic heterocycles. The summed E-state index contributed by atoms with van der Waals surface area (Å²) in [5, 5.41) is 0. The molecule has 1 saturated carbocycles. The molecule has 1 fully saturated rings. The van der Waals surface area contributed by atoms with E-state index in [2.05, 4.69) is 0 Å². The second kappa shape index (κ2) is 3.92. The third kappa shape index (κ3) is 1.29. The average Bonchev–Trinajstić information content (AvgIpc) is 2.85. The largest absolute Gasteiger partial charge is 0.468 e. The van der Waals surface area contributed by atoms with Crippen molar-refractivity contribution in [2.45, 2.75) is 25.7 Å². The lowest BCUT2D eigenvalue weighted by atomic mass is 9.75. The fraction of sp³-hybridized carbons (Fsp3) is 0.667. The Balaban J connectivity index is 2.39. The Morgan fingerprint density at radius 1 is 1.38 bits per heavy atom. The Labute approximate surface area is 94.6 Å². The molecule has 4 nitrogen and oxygen atoms in total. The second-order valence-corrected chi connectivity index (χ2v) is 4.40. The summed E-state index contributed by atoms with van der Waals surface area (Å²) < 4.78 is 9.62. The maximum absolute atomic E-state index is 12.0. The molecule has 2 aliphatic carbocycles. The molecule has 0 spiro atoms. The molecule has 0 aromatic carbocycles. The van der Waals surface area contributed by atoms with Crippen LogP contribution in [0.3, 0.4) is 0 Å². The molecule has 2 atom stereocenters. The van der Waals surface area contributed by atoms with E-state index in [4.69, 9.17) is 9.47 Å². The van der Waals surface area contributed by atoms with Crippen molar-refractivity contribution in [3.05, 3.63) is 11.6 Å². The molecule has 0 amide bonds. The predicted octanol–water partition coefficient (Wildman–Crippen LogP) is 1.45. The van der Waals surface area contributed by atoms with Crippen LogP contribution in [0.1, 0.15) is 25.7 Å². The molecule has 2 rings (SSSR count). The van der Waals surface area contributed by atoms with E-state index in [1.165, 1.54) is 14.2 Å². The molecule has 4 heteroatoms. The maximum atomic E-state index is 12.0. The molecule has 88 valence electrons. The van der Waals surface area contributed by atoms with Gasteiger partial charge in [0.25, 0.3) is 0 Å². The van der Waals surface area contributed by atoms with Crippen molar-refractivity contribution >= 4 is 11.9 Å². The first-order valence-corrected chi connectivity index (χ1v) is 5.54. The highest BCUT2D eigenvalue weighted by Crippen LogP contribution is 2.55. The van der Waals surface area contributed by atoms with Crippen molar-refractivity contribution in [1.82, 2.24) is 0 Å². The van der Waals surface area contributed by atoms with Gasteiger partial charge in [-0.1, -0.05) is 12.5 Å². The Morgan fingerprint density at radius 2 is 2.12 bits per heavy atom. The SMILES string of the molecule is COC(=O)C1=CCC2CCCC12C(=O)OC. The maximum Gasteiger partial charge on any atom is 0.334 e. The molecular formula is C12H16O4. The number of methoxy groups -OCH3 is 2. The van der Waals surface area contributed by atoms with E-state index in [-0.39, 0.29) is 11.9 Å². The van der Waals surface area contributed by atoms with Crippen molar-refractivity contribution in [2.24, 2.45) is 11.3 Å². The number of allylic oxidation sites excluding steroid dienone is 1. The Morgan fingerprint density at radius 3 is 2.75 bits per heavy atom. The number of rotatable bonds is 2. The third-order valence-electron chi connectivity index (χ3n) is 3.86. The molecule has 0 saturated heterocycles. The summed E-state index contributed by atoms with van der Waals surface area (Å²) in [4.78, 5) is 23.7. The summed E-state index contributed by atoms with van der Waals surface area (Å²) in [5.74, 6) is -0.465.